The lowest BCUT2D eigenvalue weighted by Crippen LogP contribution is -2.25. The number of halogens is 1. The number of hydrogen-bond acceptors (Lipinski definition) is 2. The molecule has 0 aliphatic rings. The normalized spacial score (nSPS) is 11.0. The van der Waals surface area contributed by atoms with Crippen molar-refractivity contribution in [2.75, 3.05) is 6.54 Å². The number of aromatic nitrogens is 2. The van der Waals surface area contributed by atoms with Crippen LogP contribution in [0, 0.1) is 6.92 Å². The van der Waals surface area contributed by atoms with Gasteiger partial charge in [0.05, 0.1) is 11.0 Å². The van der Waals surface area contributed by atoms with Gasteiger partial charge in [0.2, 0.25) is 0 Å². The molecule has 3 aromatic carbocycles. The molecule has 0 bridgehead atoms. The maximum absolute atomic E-state index is 12.3. The molecule has 0 saturated heterocycles. The number of carbonyl (C=O) groups excluding carboxylic acids is 1. The number of para-hydroxylation sites is 2. The Morgan fingerprint density at radius 1 is 1.00 bits per heavy atom. The second kappa shape index (κ2) is 9.14. The molecule has 4 rings (SSSR count). The second-order valence-electron chi connectivity index (χ2n) is 7.40. The number of rotatable bonds is 7. The summed E-state index contributed by atoms with van der Waals surface area (Å²) in [5.74, 6) is 0.959. The molecule has 1 amide bonds. The highest BCUT2D eigenvalue weighted by Crippen LogP contribution is 2.20. The first-order valence-corrected chi connectivity index (χ1v) is 10.5. The Morgan fingerprint density at radius 3 is 2.53 bits per heavy atom. The van der Waals surface area contributed by atoms with Crippen LogP contribution in [0.5, 0.6) is 0 Å². The molecular weight excluding hydrogens is 394 g/mol. The largest absolute Gasteiger partial charge is 0.352 e. The van der Waals surface area contributed by atoms with Crippen molar-refractivity contribution in [3.05, 3.63) is 100 Å². The Balaban J connectivity index is 1.45. The predicted molar refractivity (Wildman–Crippen MR) is 122 cm³/mol. The van der Waals surface area contributed by atoms with E-state index in [4.69, 9.17) is 16.6 Å². The van der Waals surface area contributed by atoms with Crippen LogP contribution in [0.1, 0.15) is 33.7 Å². The molecule has 152 valence electrons. The number of fused-ring (bicyclic) bond motifs is 1. The number of nitrogens with zero attached hydrogens (tertiary/aromatic N) is 2. The number of benzene rings is 3. The minimum Gasteiger partial charge on any atom is -0.352 e. The summed E-state index contributed by atoms with van der Waals surface area (Å²) in [6.07, 6.45) is 1.61. The highest BCUT2D eigenvalue weighted by atomic mass is 35.5. The Hall–Kier alpha value is -3.11. The number of nitrogens with one attached hydrogen (secondary N) is 1. The summed E-state index contributed by atoms with van der Waals surface area (Å²) >= 11 is 5.89. The lowest BCUT2D eigenvalue weighted by molar-refractivity contribution is 0.0953. The van der Waals surface area contributed by atoms with Crippen molar-refractivity contribution in [2.24, 2.45) is 0 Å². The number of amides is 1. The van der Waals surface area contributed by atoms with Crippen LogP contribution in [0.25, 0.3) is 11.0 Å². The summed E-state index contributed by atoms with van der Waals surface area (Å²) in [4.78, 5) is 17.1. The van der Waals surface area contributed by atoms with E-state index in [0.29, 0.717) is 17.1 Å². The molecule has 4 aromatic rings. The third kappa shape index (κ3) is 4.55. The first kappa shape index (κ1) is 20.2. The third-order valence-electron chi connectivity index (χ3n) is 5.29. The van der Waals surface area contributed by atoms with Crippen LogP contribution in [0.3, 0.4) is 0 Å². The van der Waals surface area contributed by atoms with Crippen LogP contribution in [0.4, 0.5) is 0 Å². The van der Waals surface area contributed by atoms with Crippen LogP contribution < -0.4 is 5.32 Å². The number of imidazole rings is 1. The molecule has 30 heavy (non-hydrogen) atoms. The fourth-order valence-corrected chi connectivity index (χ4v) is 3.73. The number of carbonyl (C=O) groups is 1. The topological polar surface area (TPSA) is 46.9 Å². The van der Waals surface area contributed by atoms with Gasteiger partial charge in [0.15, 0.2) is 0 Å². The van der Waals surface area contributed by atoms with Crippen molar-refractivity contribution in [3.63, 3.8) is 0 Å². The van der Waals surface area contributed by atoms with Gasteiger partial charge < -0.3 is 9.88 Å². The zero-order valence-electron chi connectivity index (χ0n) is 16.9. The molecular formula is C25H24ClN3O. The summed E-state index contributed by atoms with van der Waals surface area (Å²) in [5, 5.41) is 3.61. The molecule has 0 spiro atoms. The monoisotopic (exact) mass is 417 g/mol. The van der Waals surface area contributed by atoms with Crippen molar-refractivity contribution < 1.29 is 4.79 Å². The van der Waals surface area contributed by atoms with Gasteiger partial charge in [-0.2, -0.15) is 0 Å². The molecule has 0 fully saturated rings. The minimum absolute atomic E-state index is 0.0833. The lowest BCUT2D eigenvalue weighted by atomic mass is 10.1. The fourth-order valence-electron chi connectivity index (χ4n) is 3.60. The van der Waals surface area contributed by atoms with Gasteiger partial charge in [-0.3, -0.25) is 4.79 Å². The molecule has 0 atom stereocenters. The van der Waals surface area contributed by atoms with E-state index in [-0.39, 0.29) is 5.91 Å². The third-order valence-corrected chi connectivity index (χ3v) is 5.54. The Labute approximate surface area is 181 Å². The van der Waals surface area contributed by atoms with Crippen LogP contribution in [0.15, 0.2) is 72.8 Å². The molecule has 0 saturated carbocycles. The molecule has 1 N–H and O–H groups in total. The van der Waals surface area contributed by atoms with Gasteiger partial charge in [0, 0.05) is 30.1 Å². The number of aryl methyl sites for hydroxylation is 2. The highest BCUT2D eigenvalue weighted by molar-refractivity contribution is 6.30. The van der Waals surface area contributed by atoms with Crippen LogP contribution in [-0.2, 0) is 13.0 Å². The van der Waals surface area contributed by atoms with Crippen molar-refractivity contribution in [1.29, 1.82) is 0 Å². The fraction of sp³-hybridized carbons (Fsp3) is 0.200. The second-order valence-corrected chi connectivity index (χ2v) is 7.83. The van der Waals surface area contributed by atoms with E-state index in [1.165, 1.54) is 11.1 Å². The summed E-state index contributed by atoms with van der Waals surface area (Å²) in [7, 11) is 0. The molecule has 0 aliphatic carbocycles. The van der Waals surface area contributed by atoms with Crippen LogP contribution in [-0.4, -0.2) is 22.0 Å². The van der Waals surface area contributed by atoms with Gasteiger partial charge in [0.1, 0.15) is 5.82 Å². The quantitative estimate of drug-likeness (QED) is 0.409. The zero-order valence-corrected chi connectivity index (χ0v) is 17.7. The summed E-state index contributed by atoms with van der Waals surface area (Å²) < 4.78 is 2.29. The van der Waals surface area contributed by atoms with Gasteiger partial charge >= 0.3 is 0 Å². The van der Waals surface area contributed by atoms with Crippen molar-refractivity contribution in [1.82, 2.24) is 14.9 Å². The van der Waals surface area contributed by atoms with E-state index in [0.717, 1.165) is 36.2 Å². The maximum atomic E-state index is 12.3. The first-order chi connectivity index (χ1) is 14.6. The zero-order chi connectivity index (χ0) is 20.9. The Bertz CT molecular complexity index is 1160. The highest BCUT2D eigenvalue weighted by Gasteiger charge is 2.12. The van der Waals surface area contributed by atoms with Gasteiger partial charge in [-0.05, 0) is 60.9 Å². The standard InChI is InChI=1S/C25H24ClN3O/c1-18-7-2-3-8-20(18)17-29-23-10-5-4-9-22(23)28-24(29)11-6-16-27-25(30)19-12-14-21(26)15-13-19/h2-5,7-10,12-15H,6,11,16-17H2,1H3,(H,27,30). The van der Waals surface area contributed by atoms with Crippen LogP contribution >= 0.6 is 11.6 Å². The molecule has 0 aliphatic heterocycles. The summed E-state index contributed by atoms with van der Waals surface area (Å²) in [5.41, 5.74) is 5.33. The van der Waals surface area contributed by atoms with Crippen molar-refractivity contribution >= 4 is 28.5 Å². The average Bonchev–Trinajstić information content (AvgIpc) is 3.10. The molecule has 0 radical (unpaired) electrons. The SMILES string of the molecule is Cc1ccccc1Cn1c(CCCNC(=O)c2ccc(Cl)cc2)nc2ccccc21. The average molecular weight is 418 g/mol. The van der Waals surface area contributed by atoms with E-state index in [9.17, 15) is 4.79 Å². The van der Waals surface area contributed by atoms with Gasteiger partial charge in [-0.15, -0.1) is 0 Å². The predicted octanol–water partition coefficient (Wildman–Crippen LogP) is 5.41. The first-order valence-electron chi connectivity index (χ1n) is 10.1. The van der Waals surface area contributed by atoms with E-state index < -0.39 is 0 Å². The summed E-state index contributed by atoms with van der Waals surface area (Å²) in [6, 6.07) is 23.6. The Kier molecular flexibility index (Phi) is 6.15. The lowest BCUT2D eigenvalue weighted by Gasteiger charge is -2.12. The van der Waals surface area contributed by atoms with Crippen molar-refractivity contribution in [2.45, 2.75) is 26.3 Å². The van der Waals surface area contributed by atoms with Gasteiger partial charge in [-0.25, -0.2) is 4.98 Å². The molecule has 0 unspecified atom stereocenters. The van der Waals surface area contributed by atoms with Gasteiger partial charge in [-0.1, -0.05) is 48.0 Å². The smallest absolute Gasteiger partial charge is 0.251 e. The molecule has 4 nitrogen and oxygen atoms in total. The number of hydrogen-bond donors (Lipinski definition) is 1. The van der Waals surface area contributed by atoms with E-state index in [1.54, 1.807) is 24.3 Å². The Morgan fingerprint density at radius 2 is 1.73 bits per heavy atom. The molecule has 1 heterocycles. The molecule has 5 heteroatoms. The van der Waals surface area contributed by atoms with E-state index in [2.05, 4.69) is 59.3 Å². The van der Waals surface area contributed by atoms with E-state index in [1.807, 2.05) is 6.07 Å². The van der Waals surface area contributed by atoms with Crippen LogP contribution in [0.2, 0.25) is 5.02 Å². The summed E-state index contributed by atoms with van der Waals surface area (Å²) in [6.45, 7) is 3.52. The maximum Gasteiger partial charge on any atom is 0.251 e. The van der Waals surface area contributed by atoms with E-state index >= 15 is 0 Å². The van der Waals surface area contributed by atoms with Crippen molar-refractivity contribution in [3.8, 4) is 0 Å². The minimum atomic E-state index is -0.0833. The molecule has 1 aromatic heterocycles. The van der Waals surface area contributed by atoms with Gasteiger partial charge in [0.25, 0.3) is 5.91 Å².